The lowest BCUT2D eigenvalue weighted by Gasteiger charge is -2.42. The number of primary amides is 1. The number of aliphatic carboxylic acids is 1. The van der Waals surface area contributed by atoms with Gasteiger partial charge in [0, 0.05) is 26.6 Å². The fourth-order valence-electron chi connectivity index (χ4n) is 5.27. The molecule has 15 heteroatoms. The lowest BCUT2D eigenvalue weighted by atomic mass is 9.93. The maximum absolute atomic E-state index is 14.1. The van der Waals surface area contributed by atoms with Crippen LogP contribution in [0.4, 0.5) is 0 Å². The summed E-state index contributed by atoms with van der Waals surface area (Å²) in [5, 5.41) is 17.6. The second kappa shape index (κ2) is 18.4. The number of carbonyl (C=O) groups is 5. The van der Waals surface area contributed by atoms with Crippen molar-refractivity contribution in [3.05, 3.63) is 35.9 Å². The van der Waals surface area contributed by atoms with Gasteiger partial charge in [-0.25, -0.2) is 4.79 Å². The predicted octanol–water partition coefficient (Wildman–Crippen LogP) is -1.41. The number of ether oxygens (including phenoxy) is 1. The van der Waals surface area contributed by atoms with E-state index in [9.17, 15) is 29.1 Å². The normalized spacial score (nSPS) is 18.4. The first-order valence-electron chi connectivity index (χ1n) is 14.7. The third-order valence-corrected chi connectivity index (χ3v) is 7.52. The first kappa shape index (κ1) is 36.0. The summed E-state index contributed by atoms with van der Waals surface area (Å²) in [6, 6.07) is 6.03. The maximum Gasteiger partial charge on any atom is 0.326 e. The average Bonchev–Trinajstić information content (AvgIpc) is 2.99. The molecule has 1 aliphatic rings. The molecular weight excluding hydrogens is 572 g/mol. The number of nitrogens with zero attached hydrogens (tertiary/aromatic N) is 2. The zero-order valence-electron chi connectivity index (χ0n) is 25.4. The Kier molecular flexibility index (Phi) is 15.1. The smallest absolute Gasteiger partial charge is 0.326 e. The van der Waals surface area contributed by atoms with Crippen molar-refractivity contribution in [2.45, 2.75) is 81.6 Å². The van der Waals surface area contributed by atoms with Crippen molar-refractivity contribution in [3.63, 3.8) is 0 Å². The summed E-state index contributed by atoms with van der Waals surface area (Å²) in [7, 11) is 3.20. The number of nitrogens with two attached hydrogens (primary N) is 3. The van der Waals surface area contributed by atoms with Crippen LogP contribution in [0.15, 0.2) is 35.3 Å². The molecular formula is C29H46N8O7. The maximum atomic E-state index is 14.1. The van der Waals surface area contributed by atoms with Gasteiger partial charge < -0.3 is 47.9 Å². The fraction of sp³-hybridized carbons (Fsp3) is 0.586. The van der Waals surface area contributed by atoms with E-state index in [-0.39, 0.29) is 49.7 Å². The van der Waals surface area contributed by atoms with Gasteiger partial charge in [0.1, 0.15) is 12.1 Å². The number of hydrogen-bond donors (Lipinski definition) is 7. The monoisotopic (exact) mass is 618 g/mol. The van der Waals surface area contributed by atoms with Crippen molar-refractivity contribution >= 4 is 35.6 Å². The zero-order valence-corrected chi connectivity index (χ0v) is 25.4. The highest BCUT2D eigenvalue weighted by molar-refractivity contribution is 5.90. The highest BCUT2D eigenvalue weighted by Gasteiger charge is 2.38. The van der Waals surface area contributed by atoms with Crippen molar-refractivity contribution in [1.29, 1.82) is 0 Å². The molecule has 1 aromatic rings. The molecule has 1 heterocycles. The molecule has 0 unspecified atom stereocenters. The summed E-state index contributed by atoms with van der Waals surface area (Å²) in [5.74, 6) is -3.60. The van der Waals surface area contributed by atoms with E-state index in [1.54, 1.807) is 11.9 Å². The van der Waals surface area contributed by atoms with E-state index in [2.05, 4.69) is 20.9 Å². The molecule has 0 saturated carbocycles. The first-order valence-corrected chi connectivity index (χ1v) is 14.7. The molecule has 0 aromatic heterocycles. The molecule has 5 atom stereocenters. The van der Waals surface area contributed by atoms with Gasteiger partial charge in [0.05, 0.1) is 24.6 Å². The number of methoxy groups -OCH3 is 1. The van der Waals surface area contributed by atoms with Gasteiger partial charge in [-0.15, -0.1) is 0 Å². The van der Waals surface area contributed by atoms with Gasteiger partial charge in [0.2, 0.25) is 23.6 Å². The van der Waals surface area contributed by atoms with Gasteiger partial charge in [-0.05, 0) is 51.1 Å². The van der Waals surface area contributed by atoms with Gasteiger partial charge in [-0.1, -0.05) is 30.3 Å². The summed E-state index contributed by atoms with van der Waals surface area (Å²) in [5.41, 5.74) is 17.0. The minimum Gasteiger partial charge on any atom is -0.480 e. The number of carbonyl (C=O) groups excluding carboxylic acids is 4. The van der Waals surface area contributed by atoms with Crippen LogP contribution in [0, 0.1) is 0 Å². The summed E-state index contributed by atoms with van der Waals surface area (Å²) in [4.78, 5) is 68.4. The summed E-state index contributed by atoms with van der Waals surface area (Å²) < 4.78 is 5.67. The molecule has 1 fully saturated rings. The minimum atomic E-state index is -1.46. The molecule has 0 spiro atoms. The van der Waals surface area contributed by atoms with Crippen LogP contribution in [-0.4, -0.2) is 103 Å². The molecule has 0 bridgehead atoms. The number of guanidine groups is 1. The number of benzene rings is 1. The van der Waals surface area contributed by atoms with Crippen LogP contribution in [0.25, 0.3) is 0 Å². The number of likely N-dealkylation sites (N-methyl/N-ethyl adjacent to an activating group) is 1. The van der Waals surface area contributed by atoms with Gasteiger partial charge in [0.25, 0.3) is 0 Å². The Morgan fingerprint density at radius 3 is 2.36 bits per heavy atom. The molecule has 1 aliphatic heterocycles. The number of piperidine rings is 1. The van der Waals surface area contributed by atoms with Crippen molar-refractivity contribution in [2.24, 2.45) is 22.2 Å². The van der Waals surface area contributed by atoms with E-state index in [0.717, 1.165) is 5.56 Å². The third-order valence-electron chi connectivity index (χ3n) is 7.52. The summed E-state index contributed by atoms with van der Waals surface area (Å²) in [6.07, 6.45) is 1.50. The molecule has 4 amide bonds. The third kappa shape index (κ3) is 11.8. The topological polar surface area (TPSA) is 245 Å². The number of nitrogens with one attached hydrogen (secondary N) is 3. The SMILES string of the molecule is CN[C@H](Cc1ccccc1)C(=O)N[C@@H](CCCN=C(N)N)C(=O)N1CCC[C@H](OC)[C@@H]1CCC(=O)N[C@@H](CC(N)=O)C(=O)O. The molecule has 244 valence electrons. The Labute approximate surface area is 257 Å². The first-order chi connectivity index (χ1) is 21.0. The van der Waals surface area contributed by atoms with Gasteiger partial charge >= 0.3 is 5.97 Å². The molecule has 0 aliphatic carbocycles. The standard InChI is InChI=1S/C29H46N8O7/c1-33-20(16-18-8-4-3-5-9-18)26(40)36-19(10-6-14-34-29(31)32)27(41)37-15-7-11-23(44-2)22(37)12-13-25(39)35-21(28(42)43)17-24(30)38/h3-5,8-9,19-23,33H,6-7,10-17H2,1-2H3,(H2,30,38)(H,35,39)(H,36,40)(H,42,43)(H4,31,32,34)/t19-,20+,21-,22-,23-/m0/s1. The number of carboxylic acid groups (broad SMARTS) is 1. The molecule has 1 saturated heterocycles. The van der Waals surface area contributed by atoms with Crippen molar-refractivity contribution in [2.75, 3.05) is 27.2 Å². The quantitative estimate of drug-likeness (QED) is 0.0575. The Bertz CT molecular complexity index is 1150. The number of hydrogen-bond acceptors (Lipinski definition) is 8. The average molecular weight is 619 g/mol. The number of amides is 4. The van der Waals surface area contributed by atoms with E-state index in [0.29, 0.717) is 32.2 Å². The Hall–Kier alpha value is -4.24. The zero-order chi connectivity index (χ0) is 32.6. The van der Waals surface area contributed by atoms with Crippen molar-refractivity contribution in [3.8, 4) is 0 Å². The van der Waals surface area contributed by atoms with Gasteiger partial charge in [-0.3, -0.25) is 24.2 Å². The highest BCUT2D eigenvalue weighted by atomic mass is 16.5. The van der Waals surface area contributed by atoms with Crippen LogP contribution in [0.1, 0.15) is 50.5 Å². The molecule has 0 radical (unpaired) electrons. The predicted molar refractivity (Wildman–Crippen MR) is 163 cm³/mol. The number of carboxylic acids is 1. The molecule has 15 nitrogen and oxygen atoms in total. The summed E-state index contributed by atoms with van der Waals surface area (Å²) >= 11 is 0. The highest BCUT2D eigenvalue weighted by Crippen LogP contribution is 2.25. The van der Waals surface area contributed by atoms with Gasteiger partial charge in [0.15, 0.2) is 5.96 Å². The lowest BCUT2D eigenvalue weighted by molar-refractivity contribution is -0.145. The summed E-state index contributed by atoms with van der Waals surface area (Å²) in [6.45, 7) is 0.645. The molecule has 44 heavy (non-hydrogen) atoms. The van der Waals surface area contributed by atoms with Crippen LogP contribution in [0.2, 0.25) is 0 Å². The van der Waals surface area contributed by atoms with E-state index in [4.69, 9.17) is 21.9 Å². The Morgan fingerprint density at radius 1 is 1.07 bits per heavy atom. The van der Waals surface area contributed by atoms with Crippen LogP contribution >= 0.6 is 0 Å². The second-order valence-corrected chi connectivity index (χ2v) is 10.7. The van der Waals surface area contributed by atoms with Crippen LogP contribution < -0.4 is 33.2 Å². The van der Waals surface area contributed by atoms with E-state index in [1.807, 2.05) is 30.3 Å². The Balaban J connectivity index is 2.22. The molecule has 10 N–H and O–H groups in total. The minimum absolute atomic E-state index is 0.0757. The van der Waals surface area contributed by atoms with Crippen molar-refractivity contribution in [1.82, 2.24) is 20.9 Å². The lowest BCUT2D eigenvalue weighted by Crippen LogP contribution is -2.59. The van der Waals surface area contributed by atoms with Gasteiger partial charge in [-0.2, -0.15) is 0 Å². The fourth-order valence-corrected chi connectivity index (χ4v) is 5.27. The van der Waals surface area contributed by atoms with E-state index in [1.165, 1.54) is 7.11 Å². The largest absolute Gasteiger partial charge is 0.480 e. The van der Waals surface area contributed by atoms with Crippen molar-refractivity contribution < 1.29 is 33.8 Å². The van der Waals surface area contributed by atoms with E-state index >= 15 is 0 Å². The van der Waals surface area contributed by atoms with Crippen LogP contribution in [0.3, 0.4) is 0 Å². The number of likely N-dealkylation sites (tertiary alicyclic amines) is 1. The molecule has 2 rings (SSSR count). The van der Waals surface area contributed by atoms with E-state index < -0.39 is 48.4 Å². The number of aliphatic imine (C=N–C) groups is 1. The number of rotatable bonds is 18. The Morgan fingerprint density at radius 2 is 1.77 bits per heavy atom. The van der Waals surface area contributed by atoms with Crippen LogP contribution in [-0.2, 0) is 35.1 Å². The molecule has 1 aromatic carbocycles. The van der Waals surface area contributed by atoms with Crippen LogP contribution in [0.5, 0.6) is 0 Å². The second-order valence-electron chi connectivity index (χ2n) is 10.7.